The molecule has 1 atom stereocenters. The van der Waals surface area contributed by atoms with Crippen LogP contribution in [-0.4, -0.2) is 22.0 Å². The fourth-order valence-electron chi connectivity index (χ4n) is 4.69. The normalized spacial score (nSPS) is 17.7. The van der Waals surface area contributed by atoms with E-state index in [0.29, 0.717) is 17.1 Å². The molecule has 5 heteroatoms. The lowest BCUT2D eigenvalue weighted by Gasteiger charge is -2.32. The van der Waals surface area contributed by atoms with Gasteiger partial charge >= 0.3 is 0 Å². The Morgan fingerprint density at radius 2 is 1.89 bits per heavy atom. The molecule has 0 unspecified atom stereocenters. The molecule has 0 radical (unpaired) electrons. The topological polar surface area (TPSA) is 59.0 Å². The number of pyridine rings is 1. The van der Waals surface area contributed by atoms with Crippen LogP contribution in [0.4, 0.5) is 5.82 Å². The molecule has 0 spiro atoms. The Kier molecular flexibility index (Phi) is 9.18. The zero-order valence-electron chi connectivity index (χ0n) is 22.5. The third kappa shape index (κ3) is 7.24. The highest BCUT2D eigenvalue weighted by Crippen LogP contribution is 2.31. The predicted octanol–water partition coefficient (Wildman–Crippen LogP) is 8.04. The van der Waals surface area contributed by atoms with Crippen LogP contribution in [-0.2, 0) is 5.54 Å². The summed E-state index contributed by atoms with van der Waals surface area (Å²) in [5.41, 5.74) is 7.32. The zero-order valence-corrected chi connectivity index (χ0v) is 22.5. The van der Waals surface area contributed by atoms with Gasteiger partial charge in [-0.25, -0.2) is 4.98 Å². The van der Waals surface area contributed by atoms with E-state index in [0.717, 1.165) is 30.5 Å². The lowest BCUT2D eigenvalue weighted by molar-refractivity contribution is 0.0957. The first kappa shape index (κ1) is 27.0. The van der Waals surface area contributed by atoms with E-state index in [4.69, 9.17) is 4.98 Å². The largest absolute Gasteiger partial charge is 0.347 e. The van der Waals surface area contributed by atoms with Gasteiger partial charge in [0.25, 0.3) is 5.91 Å². The van der Waals surface area contributed by atoms with E-state index in [1.165, 1.54) is 24.8 Å². The third-order valence-corrected chi connectivity index (χ3v) is 7.04. The number of hydrogen-bond donors (Lipinski definition) is 2. The Morgan fingerprint density at radius 3 is 2.58 bits per heavy atom. The summed E-state index contributed by atoms with van der Waals surface area (Å²) >= 11 is 0. The van der Waals surface area contributed by atoms with E-state index in [2.05, 4.69) is 77.8 Å². The van der Waals surface area contributed by atoms with E-state index in [9.17, 15) is 4.79 Å². The first-order chi connectivity index (χ1) is 18.5. The summed E-state index contributed by atoms with van der Waals surface area (Å²) in [5, 5.41) is 6.18. The van der Waals surface area contributed by atoms with Gasteiger partial charge in [0.05, 0.1) is 23.5 Å². The van der Waals surface area contributed by atoms with Crippen LogP contribution in [0.5, 0.6) is 0 Å². The minimum Gasteiger partial charge on any atom is -0.347 e. The number of anilines is 1. The van der Waals surface area contributed by atoms with Crippen molar-refractivity contribution in [2.24, 2.45) is 0 Å². The number of rotatable bonds is 7. The highest BCUT2D eigenvalue weighted by molar-refractivity contribution is 5.94. The van der Waals surface area contributed by atoms with Crippen molar-refractivity contribution in [2.45, 2.75) is 57.9 Å². The van der Waals surface area contributed by atoms with Crippen LogP contribution in [0.15, 0.2) is 103 Å². The molecule has 3 aromatic rings. The fraction of sp³-hybridized carbons (Fsp3) is 0.303. The van der Waals surface area contributed by atoms with Gasteiger partial charge in [-0.2, -0.15) is 0 Å². The molecule has 0 saturated heterocycles. The number of amides is 1. The summed E-state index contributed by atoms with van der Waals surface area (Å²) in [5.74, 6) is 0.554. The third-order valence-electron chi connectivity index (χ3n) is 7.04. The molecule has 38 heavy (non-hydrogen) atoms. The van der Waals surface area contributed by atoms with Crippen LogP contribution in [0.2, 0.25) is 0 Å². The lowest BCUT2D eigenvalue weighted by Crippen LogP contribution is -2.30. The second-order valence-corrected chi connectivity index (χ2v) is 10.2. The first-order valence-corrected chi connectivity index (χ1v) is 13.4. The average molecular weight is 511 g/mol. The van der Waals surface area contributed by atoms with Crippen LogP contribution in [0.25, 0.3) is 11.3 Å². The Labute approximate surface area is 229 Å². The quantitative estimate of drug-likeness (QED) is 0.250. The molecule has 200 valence electrons. The average Bonchev–Trinajstić information content (AvgIpc) is 3.68. The number of allylic oxidation sites excluding steroid dienone is 4. The number of carbonyl (C=O) groups excluding carboxylic acids is 1. The van der Waals surface area contributed by atoms with Crippen LogP contribution in [0, 0.1) is 6.92 Å². The molecule has 1 amide bonds. The van der Waals surface area contributed by atoms with Gasteiger partial charge in [0.15, 0.2) is 0 Å². The van der Waals surface area contributed by atoms with Gasteiger partial charge in [-0.15, -0.1) is 5.73 Å². The summed E-state index contributed by atoms with van der Waals surface area (Å²) in [6, 6.07) is 15.9. The Hall–Kier alpha value is -4.08. The molecule has 1 aromatic carbocycles. The molecule has 2 aliphatic carbocycles. The minimum absolute atomic E-state index is 0. The van der Waals surface area contributed by atoms with Crippen LogP contribution >= 0.6 is 0 Å². The summed E-state index contributed by atoms with van der Waals surface area (Å²) in [6.45, 7) is 8.34. The number of nitrogens with one attached hydrogen (secondary N) is 2. The number of benzene rings is 1. The van der Waals surface area contributed by atoms with E-state index < -0.39 is 0 Å². The van der Waals surface area contributed by atoms with Crippen molar-refractivity contribution in [1.29, 1.82) is 0 Å². The number of aryl methyl sites for hydroxylation is 1. The fourth-order valence-corrected chi connectivity index (χ4v) is 4.69. The summed E-state index contributed by atoms with van der Waals surface area (Å²) in [7, 11) is 0. The van der Waals surface area contributed by atoms with Crippen LogP contribution < -0.4 is 10.6 Å². The van der Waals surface area contributed by atoms with Crippen molar-refractivity contribution in [3.05, 3.63) is 114 Å². The van der Waals surface area contributed by atoms with E-state index in [-0.39, 0.29) is 20.8 Å². The molecule has 0 fully saturated rings. The maximum absolute atomic E-state index is 12.7. The molecular formula is C33H42N4O. The second kappa shape index (κ2) is 12.9. The van der Waals surface area contributed by atoms with Crippen molar-refractivity contribution in [1.82, 2.24) is 14.9 Å². The van der Waals surface area contributed by atoms with Crippen molar-refractivity contribution in [3.63, 3.8) is 0 Å². The Balaban J connectivity index is 0.000000722. The Morgan fingerprint density at radius 1 is 1.11 bits per heavy atom. The summed E-state index contributed by atoms with van der Waals surface area (Å²) < 4.78 is 2.16. The molecule has 0 bridgehead atoms. The van der Waals surface area contributed by atoms with Gasteiger partial charge in [0.1, 0.15) is 5.82 Å². The van der Waals surface area contributed by atoms with Crippen molar-refractivity contribution < 1.29 is 7.65 Å². The number of carbonyl (C=O) groups is 1. The monoisotopic (exact) mass is 510 g/mol. The number of aromatic nitrogens is 2. The molecule has 0 aliphatic heterocycles. The second-order valence-electron chi connectivity index (χ2n) is 10.2. The minimum atomic E-state index is -0.125. The molecule has 5 nitrogen and oxygen atoms in total. The van der Waals surface area contributed by atoms with E-state index >= 15 is 0 Å². The molecule has 2 N–H and O–H groups in total. The summed E-state index contributed by atoms with van der Waals surface area (Å²) in [4.78, 5) is 17.4. The highest BCUT2D eigenvalue weighted by atomic mass is 16.1. The maximum atomic E-state index is 12.7. The highest BCUT2D eigenvalue weighted by Gasteiger charge is 2.26. The van der Waals surface area contributed by atoms with Crippen molar-refractivity contribution in [2.75, 3.05) is 11.9 Å². The van der Waals surface area contributed by atoms with Gasteiger partial charge in [0, 0.05) is 26.3 Å². The smallest absolute Gasteiger partial charge is 0.253 e. The Bertz CT molecular complexity index is 1360. The zero-order chi connectivity index (χ0) is 26.8. The standard InChI is InChI=1S/C28H30N4O.C5H8.2H2/c1-4-24(30-26-13-9-12-25(31-26)22-11-8-10-21(2)18-22)19-29-27(33)23-14-17-32(20-23)28(3)15-6-5-7-16-28;1-2-4-5-3-1;;/h5-6,8-14,17-18,20H,1,7,15-16,19H2,2-3H3,(H,29,33)(H,30,31);1-2H,3-5H2;2*1H/t28-;;;/m0.../s1. The summed E-state index contributed by atoms with van der Waals surface area (Å²) in [6.07, 6.45) is 20.0. The maximum Gasteiger partial charge on any atom is 0.253 e. The molecule has 2 aromatic heterocycles. The molecule has 2 aliphatic rings. The predicted molar refractivity (Wildman–Crippen MR) is 161 cm³/mol. The van der Waals surface area contributed by atoms with Gasteiger partial charge in [0.2, 0.25) is 0 Å². The SMILES string of the molecule is C1=CCCC1.C=C=C(CNC(=O)c1ccn([C@@]2(C)CC=CCC2)c1)Nc1cccc(-c2cccc(C)c2)n1.[HH].[HH]. The first-order valence-electron chi connectivity index (χ1n) is 13.4. The number of hydrogen-bond acceptors (Lipinski definition) is 3. The van der Waals surface area contributed by atoms with Gasteiger partial charge < -0.3 is 15.2 Å². The van der Waals surface area contributed by atoms with Gasteiger partial charge in [-0.05, 0) is 76.6 Å². The van der Waals surface area contributed by atoms with E-state index in [1.54, 1.807) is 0 Å². The molecule has 2 heterocycles. The van der Waals surface area contributed by atoms with Gasteiger partial charge in [-0.3, -0.25) is 4.79 Å². The van der Waals surface area contributed by atoms with Crippen LogP contribution in [0.3, 0.4) is 0 Å². The van der Waals surface area contributed by atoms with Crippen LogP contribution in [0.1, 0.15) is 64.2 Å². The molecule has 5 rings (SSSR count). The number of nitrogens with zero attached hydrogens (tertiary/aromatic N) is 2. The van der Waals surface area contributed by atoms with E-state index in [1.807, 2.05) is 48.8 Å². The lowest BCUT2D eigenvalue weighted by atomic mass is 9.87. The molecule has 0 saturated carbocycles. The van der Waals surface area contributed by atoms with Crippen molar-refractivity contribution in [3.8, 4) is 11.3 Å². The van der Waals surface area contributed by atoms with Crippen molar-refractivity contribution >= 4 is 11.7 Å². The van der Waals surface area contributed by atoms with Gasteiger partial charge in [-0.1, -0.05) is 60.7 Å². The molecular weight excluding hydrogens is 468 g/mol.